The Hall–Kier alpha value is -3.08. The standard InChI is InChI=1S/C20H19FN2O2/c21-17-8-10-18(11-9-17)25-13-12-22-20(24)23-14-16-6-3-5-15-4-1-2-7-19(15)16/h1-11H,12-14H2,(H2,22,23,24). The van der Waals surface area contributed by atoms with Crippen LogP contribution < -0.4 is 15.4 Å². The number of nitrogens with one attached hydrogen (secondary N) is 2. The van der Waals surface area contributed by atoms with E-state index in [1.165, 1.54) is 12.1 Å². The number of hydrogen-bond donors (Lipinski definition) is 2. The molecule has 0 spiro atoms. The molecule has 0 aliphatic heterocycles. The van der Waals surface area contributed by atoms with E-state index in [4.69, 9.17) is 4.74 Å². The first kappa shape index (κ1) is 16.8. The molecule has 4 nitrogen and oxygen atoms in total. The maximum absolute atomic E-state index is 12.8. The van der Waals surface area contributed by atoms with Crippen LogP contribution in [0.25, 0.3) is 10.8 Å². The molecule has 0 aliphatic rings. The van der Waals surface area contributed by atoms with Crippen molar-refractivity contribution in [2.75, 3.05) is 13.2 Å². The summed E-state index contributed by atoms with van der Waals surface area (Å²) in [6, 6.07) is 19.6. The normalized spacial score (nSPS) is 10.4. The van der Waals surface area contributed by atoms with Gasteiger partial charge in [-0.1, -0.05) is 42.5 Å². The highest BCUT2D eigenvalue weighted by Crippen LogP contribution is 2.18. The van der Waals surface area contributed by atoms with Gasteiger partial charge in [0.25, 0.3) is 0 Å². The summed E-state index contributed by atoms with van der Waals surface area (Å²) in [5.74, 6) is 0.262. The molecule has 5 heteroatoms. The molecule has 3 rings (SSSR count). The number of benzene rings is 3. The Morgan fingerprint density at radius 3 is 2.52 bits per heavy atom. The first-order valence-corrected chi connectivity index (χ1v) is 8.09. The SMILES string of the molecule is O=C(NCCOc1ccc(F)cc1)NCc1cccc2ccccc12. The quantitative estimate of drug-likeness (QED) is 0.671. The van der Waals surface area contributed by atoms with Gasteiger partial charge in [-0.05, 0) is 40.6 Å². The van der Waals surface area contributed by atoms with E-state index in [2.05, 4.69) is 10.6 Å². The average Bonchev–Trinajstić information content (AvgIpc) is 2.65. The van der Waals surface area contributed by atoms with E-state index in [-0.39, 0.29) is 11.8 Å². The summed E-state index contributed by atoms with van der Waals surface area (Å²) in [6.45, 7) is 1.12. The molecule has 2 N–H and O–H groups in total. The monoisotopic (exact) mass is 338 g/mol. The average molecular weight is 338 g/mol. The molecule has 25 heavy (non-hydrogen) atoms. The van der Waals surface area contributed by atoms with Crippen LogP contribution in [0.15, 0.2) is 66.7 Å². The van der Waals surface area contributed by atoms with E-state index in [0.29, 0.717) is 25.4 Å². The maximum atomic E-state index is 12.8. The molecular formula is C20H19FN2O2. The Bertz CT molecular complexity index is 844. The smallest absolute Gasteiger partial charge is 0.315 e. The summed E-state index contributed by atoms with van der Waals surface area (Å²) in [5, 5.41) is 7.85. The molecule has 0 aromatic heterocycles. The number of halogens is 1. The van der Waals surface area contributed by atoms with Gasteiger partial charge < -0.3 is 15.4 Å². The fourth-order valence-corrected chi connectivity index (χ4v) is 2.55. The van der Waals surface area contributed by atoms with Gasteiger partial charge in [0, 0.05) is 6.54 Å². The van der Waals surface area contributed by atoms with Crippen molar-refractivity contribution in [1.82, 2.24) is 10.6 Å². The summed E-state index contributed by atoms with van der Waals surface area (Å²) >= 11 is 0. The molecule has 0 heterocycles. The highest BCUT2D eigenvalue weighted by atomic mass is 19.1. The summed E-state index contributed by atoms with van der Waals surface area (Å²) in [7, 11) is 0. The predicted molar refractivity (Wildman–Crippen MR) is 96.1 cm³/mol. The molecule has 0 fully saturated rings. The molecule has 0 aliphatic carbocycles. The summed E-state index contributed by atoms with van der Waals surface area (Å²) in [5.41, 5.74) is 1.07. The molecular weight excluding hydrogens is 319 g/mol. The van der Waals surface area contributed by atoms with Crippen molar-refractivity contribution in [2.24, 2.45) is 0 Å². The topological polar surface area (TPSA) is 50.4 Å². The third-order valence-electron chi connectivity index (χ3n) is 3.79. The third-order valence-corrected chi connectivity index (χ3v) is 3.79. The third kappa shape index (κ3) is 4.70. The van der Waals surface area contributed by atoms with Crippen molar-refractivity contribution in [3.8, 4) is 5.75 Å². The van der Waals surface area contributed by atoms with Gasteiger partial charge in [0.15, 0.2) is 0 Å². The second-order valence-electron chi connectivity index (χ2n) is 5.55. The first-order chi connectivity index (χ1) is 12.2. The van der Waals surface area contributed by atoms with Crippen molar-refractivity contribution in [2.45, 2.75) is 6.54 Å². The number of amides is 2. The Morgan fingerprint density at radius 1 is 0.920 bits per heavy atom. The number of hydrogen-bond acceptors (Lipinski definition) is 2. The van der Waals surface area contributed by atoms with Crippen LogP contribution in [0.1, 0.15) is 5.56 Å². The van der Waals surface area contributed by atoms with Crippen molar-refractivity contribution < 1.29 is 13.9 Å². The van der Waals surface area contributed by atoms with E-state index in [0.717, 1.165) is 16.3 Å². The Kier molecular flexibility index (Phi) is 5.46. The summed E-state index contributed by atoms with van der Waals surface area (Å²) in [6.07, 6.45) is 0. The van der Waals surface area contributed by atoms with E-state index in [9.17, 15) is 9.18 Å². The molecule has 0 atom stereocenters. The van der Waals surface area contributed by atoms with Crippen molar-refractivity contribution >= 4 is 16.8 Å². The number of carbonyl (C=O) groups is 1. The van der Waals surface area contributed by atoms with Crippen molar-refractivity contribution in [3.63, 3.8) is 0 Å². The van der Waals surface area contributed by atoms with Crippen LogP contribution in [0, 0.1) is 5.82 Å². The number of carbonyl (C=O) groups excluding carboxylic acids is 1. The lowest BCUT2D eigenvalue weighted by Gasteiger charge is -2.10. The minimum Gasteiger partial charge on any atom is -0.492 e. The molecule has 0 unspecified atom stereocenters. The van der Waals surface area contributed by atoms with Crippen LogP contribution in [0.5, 0.6) is 5.75 Å². The summed E-state index contributed by atoms with van der Waals surface area (Å²) < 4.78 is 18.2. The van der Waals surface area contributed by atoms with Crippen LogP contribution in [-0.4, -0.2) is 19.2 Å². The molecule has 3 aromatic carbocycles. The zero-order valence-electron chi connectivity index (χ0n) is 13.7. The van der Waals surface area contributed by atoms with Crippen LogP contribution in [-0.2, 0) is 6.54 Å². The maximum Gasteiger partial charge on any atom is 0.315 e. The fraction of sp³-hybridized carbons (Fsp3) is 0.150. The number of rotatable bonds is 6. The van der Waals surface area contributed by atoms with E-state index in [1.807, 2.05) is 42.5 Å². The zero-order chi connectivity index (χ0) is 17.5. The van der Waals surface area contributed by atoms with Gasteiger partial charge in [-0.3, -0.25) is 0 Å². The lowest BCUT2D eigenvalue weighted by molar-refractivity contribution is 0.236. The van der Waals surface area contributed by atoms with Crippen molar-refractivity contribution in [3.05, 3.63) is 78.1 Å². The Morgan fingerprint density at radius 2 is 1.68 bits per heavy atom. The minimum atomic E-state index is -0.307. The van der Waals surface area contributed by atoms with Crippen LogP contribution in [0.3, 0.4) is 0 Å². The number of urea groups is 1. The molecule has 3 aromatic rings. The molecule has 0 bridgehead atoms. The summed E-state index contributed by atoms with van der Waals surface area (Å²) in [4.78, 5) is 11.9. The van der Waals surface area contributed by atoms with Gasteiger partial charge in [0.1, 0.15) is 18.2 Å². The minimum absolute atomic E-state index is 0.254. The fourth-order valence-electron chi connectivity index (χ4n) is 2.55. The van der Waals surface area contributed by atoms with Crippen LogP contribution in [0.2, 0.25) is 0 Å². The Labute approximate surface area is 145 Å². The molecule has 0 saturated heterocycles. The van der Waals surface area contributed by atoms with Crippen molar-refractivity contribution in [1.29, 1.82) is 0 Å². The van der Waals surface area contributed by atoms with Crippen LogP contribution >= 0.6 is 0 Å². The van der Waals surface area contributed by atoms with Gasteiger partial charge >= 0.3 is 6.03 Å². The number of fused-ring (bicyclic) bond motifs is 1. The van der Waals surface area contributed by atoms with Gasteiger partial charge in [0.05, 0.1) is 6.54 Å². The number of ether oxygens (including phenoxy) is 1. The first-order valence-electron chi connectivity index (χ1n) is 8.09. The highest BCUT2D eigenvalue weighted by molar-refractivity contribution is 5.86. The lowest BCUT2D eigenvalue weighted by Crippen LogP contribution is -2.37. The van der Waals surface area contributed by atoms with Gasteiger partial charge in [-0.25, -0.2) is 9.18 Å². The molecule has 0 radical (unpaired) electrons. The Balaban J connectivity index is 1.42. The zero-order valence-corrected chi connectivity index (χ0v) is 13.7. The van der Waals surface area contributed by atoms with Crippen LogP contribution in [0.4, 0.5) is 9.18 Å². The van der Waals surface area contributed by atoms with Gasteiger partial charge in [-0.2, -0.15) is 0 Å². The largest absolute Gasteiger partial charge is 0.492 e. The van der Waals surface area contributed by atoms with E-state index < -0.39 is 0 Å². The second-order valence-corrected chi connectivity index (χ2v) is 5.55. The van der Waals surface area contributed by atoms with Gasteiger partial charge in [0.2, 0.25) is 0 Å². The molecule has 2 amide bonds. The van der Waals surface area contributed by atoms with E-state index in [1.54, 1.807) is 12.1 Å². The highest BCUT2D eigenvalue weighted by Gasteiger charge is 2.03. The second kappa shape index (κ2) is 8.15. The van der Waals surface area contributed by atoms with E-state index >= 15 is 0 Å². The molecule has 0 saturated carbocycles. The van der Waals surface area contributed by atoms with Gasteiger partial charge in [-0.15, -0.1) is 0 Å². The lowest BCUT2D eigenvalue weighted by atomic mass is 10.0. The molecule has 128 valence electrons. The predicted octanol–water partition coefficient (Wildman–Crippen LogP) is 3.86.